The Morgan fingerprint density at radius 2 is 2.05 bits per heavy atom. The molecule has 0 saturated carbocycles. The Labute approximate surface area is 215 Å². The fourth-order valence-electron chi connectivity index (χ4n) is 4.66. The molecule has 1 aromatic carbocycles. The van der Waals surface area contributed by atoms with Crippen LogP contribution >= 0.6 is 11.3 Å². The number of amides is 2. The number of likely N-dealkylation sites (tertiary alicyclic amines) is 1. The fraction of sp³-hybridized carbons (Fsp3) is 0.240. The summed E-state index contributed by atoms with van der Waals surface area (Å²) in [6.07, 6.45) is 5.48. The lowest BCUT2D eigenvalue weighted by Crippen LogP contribution is -2.56. The summed E-state index contributed by atoms with van der Waals surface area (Å²) >= 11 is 1.41. The molecule has 190 valence electrons. The molecule has 4 aromatic rings. The van der Waals surface area contributed by atoms with Crippen LogP contribution in [0.4, 0.5) is 15.3 Å². The third kappa shape index (κ3) is 4.68. The van der Waals surface area contributed by atoms with Crippen LogP contribution in [0.25, 0.3) is 21.5 Å². The lowest BCUT2D eigenvalue weighted by Gasteiger charge is -2.35. The van der Waals surface area contributed by atoms with Gasteiger partial charge in [0.15, 0.2) is 5.13 Å². The normalized spacial score (nSPS) is 19.3. The van der Waals surface area contributed by atoms with E-state index >= 15 is 0 Å². The molecular weight excluding hydrogens is 497 g/mol. The second-order valence-electron chi connectivity index (χ2n) is 8.81. The van der Waals surface area contributed by atoms with Gasteiger partial charge in [0.2, 0.25) is 11.8 Å². The minimum absolute atomic E-state index is 0.0180. The van der Waals surface area contributed by atoms with Gasteiger partial charge in [-0.1, -0.05) is 30.0 Å². The van der Waals surface area contributed by atoms with E-state index in [4.69, 9.17) is 5.73 Å². The Morgan fingerprint density at radius 3 is 2.78 bits per heavy atom. The molecule has 1 aliphatic rings. The predicted molar refractivity (Wildman–Crippen MR) is 137 cm³/mol. The van der Waals surface area contributed by atoms with Gasteiger partial charge in [-0.2, -0.15) is 0 Å². The van der Waals surface area contributed by atoms with Crippen LogP contribution in [0.1, 0.15) is 12.8 Å². The van der Waals surface area contributed by atoms with Crippen LogP contribution in [-0.4, -0.2) is 59.5 Å². The molecule has 2 amide bonds. The molecule has 0 aliphatic carbocycles. The first-order valence-corrected chi connectivity index (χ1v) is 12.3. The average molecular weight is 522 g/mol. The smallest absolute Gasteiger partial charge is 0.246 e. The van der Waals surface area contributed by atoms with Crippen LogP contribution in [0.2, 0.25) is 0 Å². The van der Waals surface area contributed by atoms with E-state index in [1.807, 2.05) is 10.6 Å². The van der Waals surface area contributed by atoms with Crippen molar-refractivity contribution in [3.05, 3.63) is 67.5 Å². The first kappa shape index (κ1) is 24.5. The summed E-state index contributed by atoms with van der Waals surface area (Å²) in [5, 5.41) is 14.0. The van der Waals surface area contributed by atoms with Crippen molar-refractivity contribution in [2.75, 3.05) is 11.9 Å². The number of aryl methyl sites for hydroxylation is 1. The van der Waals surface area contributed by atoms with Gasteiger partial charge in [0.05, 0.1) is 29.0 Å². The van der Waals surface area contributed by atoms with Crippen LogP contribution < -0.4 is 11.1 Å². The SMILES string of the molecule is C=CC(=O)N1CC(O)CC1(CCn1cnc2cnc(Nc3ncc(-c4ccc(F)cc4)s3)cc21)C(N)=O. The molecule has 2 unspecified atom stereocenters. The number of pyridine rings is 1. The molecule has 4 heterocycles. The number of hydrogen-bond donors (Lipinski definition) is 3. The maximum absolute atomic E-state index is 13.2. The highest BCUT2D eigenvalue weighted by Gasteiger charge is 2.51. The van der Waals surface area contributed by atoms with E-state index in [0.29, 0.717) is 23.0 Å². The summed E-state index contributed by atoms with van der Waals surface area (Å²) in [4.78, 5) is 40.3. The summed E-state index contributed by atoms with van der Waals surface area (Å²) in [7, 11) is 0. The Balaban J connectivity index is 1.36. The molecule has 10 nitrogen and oxygen atoms in total. The van der Waals surface area contributed by atoms with Crippen molar-refractivity contribution < 1.29 is 19.1 Å². The van der Waals surface area contributed by atoms with Gasteiger partial charge in [-0.25, -0.2) is 19.3 Å². The summed E-state index contributed by atoms with van der Waals surface area (Å²) in [5.41, 5.74) is 6.68. The number of thiazole rings is 1. The Kier molecular flexibility index (Phi) is 6.44. The topological polar surface area (TPSA) is 139 Å². The molecule has 1 fully saturated rings. The van der Waals surface area contributed by atoms with Gasteiger partial charge in [-0.15, -0.1) is 0 Å². The van der Waals surface area contributed by atoms with Gasteiger partial charge >= 0.3 is 0 Å². The summed E-state index contributed by atoms with van der Waals surface area (Å²) in [6, 6.07) is 8.01. The second kappa shape index (κ2) is 9.71. The van der Waals surface area contributed by atoms with Gasteiger partial charge in [0.1, 0.15) is 22.7 Å². The first-order valence-electron chi connectivity index (χ1n) is 11.5. The Morgan fingerprint density at radius 1 is 1.27 bits per heavy atom. The van der Waals surface area contributed by atoms with Crippen molar-refractivity contribution in [2.24, 2.45) is 5.73 Å². The molecule has 37 heavy (non-hydrogen) atoms. The molecule has 0 bridgehead atoms. The average Bonchev–Trinajstić information content (AvgIpc) is 3.60. The van der Waals surface area contributed by atoms with Crippen molar-refractivity contribution in [2.45, 2.75) is 31.0 Å². The molecule has 4 N–H and O–H groups in total. The number of β-amino-alcohol motifs (C(OH)–C–C–N with tert-alkyl or cyclic N) is 1. The molecule has 12 heteroatoms. The Hall–Kier alpha value is -4.16. The van der Waals surface area contributed by atoms with Crippen molar-refractivity contribution >= 4 is 45.1 Å². The van der Waals surface area contributed by atoms with Crippen LogP contribution in [0.15, 0.2) is 61.7 Å². The molecule has 3 aromatic heterocycles. The zero-order valence-corrected chi connectivity index (χ0v) is 20.5. The van der Waals surface area contributed by atoms with Gasteiger partial charge in [0.25, 0.3) is 0 Å². The van der Waals surface area contributed by atoms with Crippen molar-refractivity contribution in [1.82, 2.24) is 24.4 Å². The van der Waals surface area contributed by atoms with Gasteiger partial charge < -0.3 is 25.6 Å². The number of benzene rings is 1. The maximum atomic E-state index is 13.2. The zero-order valence-electron chi connectivity index (χ0n) is 19.7. The van der Waals surface area contributed by atoms with Crippen molar-refractivity contribution in [1.29, 1.82) is 0 Å². The molecule has 2 atom stereocenters. The number of rotatable bonds is 8. The van der Waals surface area contributed by atoms with Crippen LogP contribution in [0, 0.1) is 5.82 Å². The van der Waals surface area contributed by atoms with Gasteiger partial charge in [0, 0.05) is 31.8 Å². The second-order valence-corrected chi connectivity index (χ2v) is 9.85. The highest BCUT2D eigenvalue weighted by molar-refractivity contribution is 7.18. The number of carbonyl (C=O) groups is 2. The monoisotopic (exact) mass is 521 g/mol. The number of primary amides is 1. The number of aliphatic hydroxyl groups is 1. The minimum atomic E-state index is -1.33. The van der Waals surface area contributed by atoms with Crippen molar-refractivity contribution in [3.63, 3.8) is 0 Å². The van der Waals surface area contributed by atoms with Crippen LogP contribution in [0.5, 0.6) is 0 Å². The van der Waals surface area contributed by atoms with E-state index in [1.165, 1.54) is 28.4 Å². The number of carbonyl (C=O) groups excluding carboxylic acids is 2. The molecule has 5 rings (SSSR count). The van der Waals surface area contributed by atoms with E-state index in [-0.39, 0.29) is 25.2 Å². The number of imidazole rings is 1. The summed E-state index contributed by atoms with van der Waals surface area (Å²) in [6.45, 7) is 3.84. The number of nitrogens with two attached hydrogens (primary N) is 1. The number of aromatic nitrogens is 4. The third-order valence-electron chi connectivity index (χ3n) is 6.53. The number of aliphatic hydroxyl groups excluding tert-OH is 1. The highest BCUT2D eigenvalue weighted by atomic mass is 32.1. The van der Waals surface area contributed by atoms with Gasteiger partial charge in [-0.05, 0) is 30.2 Å². The van der Waals surface area contributed by atoms with Gasteiger partial charge in [-0.3, -0.25) is 9.59 Å². The molecular formula is C25H24FN7O3S. The largest absolute Gasteiger partial charge is 0.391 e. The molecule has 0 spiro atoms. The minimum Gasteiger partial charge on any atom is -0.391 e. The quantitative estimate of drug-likeness (QED) is 0.303. The van der Waals surface area contributed by atoms with E-state index in [1.54, 1.807) is 30.9 Å². The third-order valence-corrected chi connectivity index (χ3v) is 7.49. The van der Waals surface area contributed by atoms with E-state index < -0.39 is 23.5 Å². The van der Waals surface area contributed by atoms with E-state index in [9.17, 15) is 19.1 Å². The fourth-order valence-corrected chi connectivity index (χ4v) is 5.49. The van der Waals surface area contributed by atoms with E-state index in [2.05, 4.69) is 26.8 Å². The number of nitrogens with zero attached hydrogens (tertiary/aromatic N) is 5. The van der Waals surface area contributed by atoms with Crippen LogP contribution in [0.3, 0.4) is 0 Å². The number of hydrogen-bond acceptors (Lipinski definition) is 8. The predicted octanol–water partition coefficient (Wildman–Crippen LogP) is 2.83. The lowest BCUT2D eigenvalue weighted by atomic mass is 9.90. The number of anilines is 2. The number of nitrogens with one attached hydrogen (secondary N) is 1. The number of halogens is 1. The Bertz CT molecular complexity index is 1490. The maximum Gasteiger partial charge on any atom is 0.246 e. The molecule has 1 aliphatic heterocycles. The molecule has 1 saturated heterocycles. The van der Waals surface area contributed by atoms with Crippen molar-refractivity contribution in [3.8, 4) is 10.4 Å². The summed E-state index contributed by atoms with van der Waals surface area (Å²) in [5.74, 6) is -0.886. The molecule has 0 radical (unpaired) electrons. The van der Waals surface area contributed by atoms with Crippen LogP contribution in [-0.2, 0) is 16.1 Å². The lowest BCUT2D eigenvalue weighted by molar-refractivity contribution is -0.140. The zero-order chi connectivity index (χ0) is 26.2. The summed E-state index contributed by atoms with van der Waals surface area (Å²) < 4.78 is 15.1. The van der Waals surface area contributed by atoms with E-state index in [0.717, 1.165) is 22.0 Å². The standard InChI is InChI=1S/C25H24FN7O3S/c1-2-22(35)33-13-17(34)10-25(33,23(27)36)7-8-32-14-30-18-11-28-21(9-19(18)32)31-24-29-12-20(37-24)15-3-5-16(26)6-4-15/h2-6,9,11-12,14,17,34H,1,7-8,10,13H2,(H2,27,36)(H,28,29,31). The number of fused-ring (bicyclic) bond motifs is 1. The highest BCUT2D eigenvalue weighted by Crippen LogP contribution is 2.34. The first-order chi connectivity index (χ1) is 17.8.